The number of ether oxygens (including phenoxy) is 1. The molecule has 0 unspecified atom stereocenters. The number of hydrogen-bond acceptors (Lipinski definition) is 3. The van der Waals surface area contributed by atoms with Crippen LogP contribution in [0.25, 0.3) is 0 Å². The van der Waals surface area contributed by atoms with E-state index in [0.717, 1.165) is 6.07 Å². The summed E-state index contributed by atoms with van der Waals surface area (Å²) in [6, 6.07) is 3.66. The Hall–Kier alpha value is -1.56. The smallest absolute Gasteiger partial charge is 0.372 e. The largest absolute Gasteiger partial charge is 0.418 e. The van der Waals surface area contributed by atoms with Gasteiger partial charge in [-0.25, -0.2) is 0 Å². The minimum absolute atomic E-state index is 0.0235. The summed E-state index contributed by atoms with van der Waals surface area (Å²) in [5.41, 5.74) is -0.649. The van der Waals surface area contributed by atoms with Gasteiger partial charge in [-0.15, -0.1) is 0 Å². The minimum atomic E-state index is -4.49. The molecule has 1 heterocycles. The Balaban J connectivity index is 2.42. The molecule has 1 aromatic carbocycles. The van der Waals surface area contributed by atoms with Crippen LogP contribution in [-0.2, 0) is 10.9 Å². The van der Waals surface area contributed by atoms with Crippen molar-refractivity contribution in [3.05, 3.63) is 29.3 Å². The third-order valence-corrected chi connectivity index (χ3v) is 3.22. The van der Waals surface area contributed by atoms with Crippen LogP contribution in [0.5, 0.6) is 0 Å². The maximum absolute atomic E-state index is 13.1. The Morgan fingerprint density at radius 1 is 1.25 bits per heavy atom. The molecule has 0 aromatic heterocycles. The number of aldehydes is 1. The number of alkyl halides is 3. The fraction of sp³-hybridized carbons (Fsp3) is 0.500. The number of nitrogens with zero attached hydrogens (tertiary/aromatic N) is 1. The van der Waals surface area contributed by atoms with E-state index in [1.165, 1.54) is 12.1 Å². The molecule has 110 valence electrons. The lowest BCUT2D eigenvalue weighted by atomic mass is 10.1. The van der Waals surface area contributed by atoms with E-state index in [0.29, 0.717) is 19.4 Å². The van der Waals surface area contributed by atoms with Gasteiger partial charge in [0.1, 0.15) is 6.29 Å². The van der Waals surface area contributed by atoms with E-state index < -0.39 is 11.7 Å². The monoisotopic (exact) mass is 287 g/mol. The summed E-state index contributed by atoms with van der Waals surface area (Å²) in [6.07, 6.45) is -4.33. The maximum atomic E-state index is 13.1. The SMILES string of the molecule is C[C@@H]1CN(c2ccc(C=O)cc2C(F)(F)F)C[C@H](C)O1. The zero-order chi connectivity index (χ0) is 14.9. The van der Waals surface area contributed by atoms with Gasteiger partial charge in [-0.2, -0.15) is 13.2 Å². The van der Waals surface area contributed by atoms with E-state index in [1.807, 2.05) is 13.8 Å². The van der Waals surface area contributed by atoms with E-state index in [1.54, 1.807) is 4.90 Å². The Kier molecular flexibility index (Phi) is 4.04. The summed E-state index contributed by atoms with van der Waals surface area (Å²) in [7, 11) is 0. The first-order valence-corrected chi connectivity index (χ1v) is 6.38. The molecular formula is C14H16F3NO2. The second-order valence-electron chi connectivity index (χ2n) is 5.05. The van der Waals surface area contributed by atoms with Crippen molar-refractivity contribution in [2.45, 2.75) is 32.2 Å². The quantitative estimate of drug-likeness (QED) is 0.783. The van der Waals surface area contributed by atoms with Gasteiger partial charge in [0.25, 0.3) is 0 Å². The zero-order valence-electron chi connectivity index (χ0n) is 11.3. The molecule has 2 rings (SSSR count). The number of anilines is 1. The number of hydrogen-bond donors (Lipinski definition) is 0. The number of rotatable bonds is 2. The van der Waals surface area contributed by atoms with E-state index in [-0.39, 0.29) is 23.5 Å². The van der Waals surface area contributed by atoms with Gasteiger partial charge in [-0.05, 0) is 32.0 Å². The second-order valence-corrected chi connectivity index (χ2v) is 5.05. The van der Waals surface area contributed by atoms with Gasteiger partial charge in [0, 0.05) is 24.3 Å². The van der Waals surface area contributed by atoms with Crippen molar-refractivity contribution < 1.29 is 22.7 Å². The Morgan fingerprint density at radius 2 is 1.85 bits per heavy atom. The van der Waals surface area contributed by atoms with Gasteiger partial charge < -0.3 is 9.64 Å². The molecule has 0 spiro atoms. The molecule has 0 aliphatic carbocycles. The number of carbonyl (C=O) groups is 1. The van der Waals surface area contributed by atoms with Crippen molar-refractivity contribution in [1.82, 2.24) is 0 Å². The van der Waals surface area contributed by atoms with Gasteiger partial charge in [0.05, 0.1) is 17.8 Å². The number of halogens is 3. The van der Waals surface area contributed by atoms with Crippen LogP contribution in [0.2, 0.25) is 0 Å². The van der Waals surface area contributed by atoms with Crippen LogP contribution in [-0.4, -0.2) is 31.6 Å². The first kappa shape index (κ1) is 14.8. The van der Waals surface area contributed by atoms with Crippen molar-refractivity contribution >= 4 is 12.0 Å². The van der Waals surface area contributed by atoms with Gasteiger partial charge in [0.15, 0.2) is 0 Å². The number of benzene rings is 1. The van der Waals surface area contributed by atoms with Crippen molar-refractivity contribution in [2.75, 3.05) is 18.0 Å². The first-order valence-electron chi connectivity index (χ1n) is 6.38. The molecule has 2 atom stereocenters. The summed E-state index contributed by atoms with van der Waals surface area (Å²) in [5.74, 6) is 0. The molecule has 20 heavy (non-hydrogen) atoms. The van der Waals surface area contributed by atoms with E-state index in [2.05, 4.69) is 0 Å². The fourth-order valence-corrected chi connectivity index (χ4v) is 2.50. The Labute approximate surface area is 115 Å². The third kappa shape index (κ3) is 3.12. The first-order chi connectivity index (χ1) is 9.31. The van der Waals surface area contributed by atoms with E-state index >= 15 is 0 Å². The van der Waals surface area contributed by atoms with Crippen molar-refractivity contribution in [3.8, 4) is 0 Å². The standard InChI is InChI=1S/C14H16F3NO2/c1-9-6-18(7-10(2)20-9)13-4-3-11(8-19)5-12(13)14(15,16)17/h3-5,8-10H,6-7H2,1-2H3/t9-,10+. The van der Waals surface area contributed by atoms with E-state index in [9.17, 15) is 18.0 Å². The van der Waals surface area contributed by atoms with Gasteiger partial charge in [-0.3, -0.25) is 4.79 Å². The highest BCUT2D eigenvalue weighted by atomic mass is 19.4. The molecule has 1 aliphatic heterocycles. The van der Waals surface area contributed by atoms with Crippen LogP contribution in [0.1, 0.15) is 29.8 Å². The van der Waals surface area contributed by atoms with Crippen LogP contribution in [0.4, 0.5) is 18.9 Å². The molecule has 1 fully saturated rings. The lowest BCUT2D eigenvalue weighted by molar-refractivity contribution is -0.137. The molecule has 3 nitrogen and oxygen atoms in total. The Bertz CT molecular complexity index is 492. The number of carbonyl (C=O) groups excluding carboxylic acids is 1. The molecule has 0 N–H and O–H groups in total. The molecule has 0 saturated carbocycles. The van der Waals surface area contributed by atoms with Crippen molar-refractivity contribution in [3.63, 3.8) is 0 Å². The minimum Gasteiger partial charge on any atom is -0.372 e. The van der Waals surface area contributed by atoms with E-state index in [4.69, 9.17) is 4.74 Å². The van der Waals surface area contributed by atoms with Crippen LogP contribution in [0, 0.1) is 0 Å². The lowest BCUT2D eigenvalue weighted by Crippen LogP contribution is -2.46. The molecular weight excluding hydrogens is 271 g/mol. The summed E-state index contributed by atoms with van der Waals surface area (Å²) in [6.45, 7) is 4.45. The highest BCUT2D eigenvalue weighted by Gasteiger charge is 2.36. The average Bonchev–Trinajstić information content (AvgIpc) is 2.35. The predicted molar refractivity (Wildman–Crippen MR) is 69.1 cm³/mol. The van der Waals surface area contributed by atoms with Crippen LogP contribution in [0.15, 0.2) is 18.2 Å². The summed E-state index contributed by atoms with van der Waals surface area (Å²) in [4.78, 5) is 12.3. The fourth-order valence-electron chi connectivity index (χ4n) is 2.50. The predicted octanol–water partition coefficient (Wildman–Crippen LogP) is 3.13. The summed E-state index contributed by atoms with van der Waals surface area (Å²) < 4.78 is 44.9. The molecule has 1 aromatic rings. The van der Waals surface area contributed by atoms with Gasteiger partial charge >= 0.3 is 6.18 Å². The molecule has 1 saturated heterocycles. The number of morpholine rings is 1. The molecule has 6 heteroatoms. The molecule has 0 amide bonds. The third-order valence-electron chi connectivity index (χ3n) is 3.22. The lowest BCUT2D eigenvalue weighted by Gasteiger charge is -2.38. The highest BCUT2D eigenvalue weighted by Crippen LogP contribution is 2.38. The van der Waals surface area contributed by atoms with Gasteiger partial charge in [-0.1, -0.05) is 0 Å². The highest BCUT2D eigenvalue weighted by molar-refractivity contribution is 5.77. The van der Waals surface area contributed by atoms with Crippen molar-refractivity contribution in [2.24, 2.45) is 0 Å². The summed E-state index contributed by atoms with van der Waals surface area (Å²) in [5, 5.41) is 0. The van der Waals surface area contributed by atoms with Crippen LogP contribution < -0.4 is 4.90 Å². The van der Waals surface area contributed by atoms with Crippen LogP contribution >= 0.6 is 0 Å². The average molecular weight is 287 g/mol. The maximum Gasteiger partial charge on any atom is 0.418 e. The normalized spacial score (nSPS) is 23.8. The van der Waals surface area contributed by atoms with Crippen LogP contribution in [0.3, 0.4) is 0 Å². The molecule has 0 bridgehead atoms. The molecule has 1 aliphatic rings. The van der Waals surface area contributed by atoms with Gasteiger partial charge in [0.2, 0.25) is 0 Å². The second kappa shape index (κ2) is 5.44. The summed E-state index contributed by atoms with van der Waals surface area (Å²) >= 11 is 0. The molecule has 0 radical (unpaired) electrons. The van der Waals surface area contributed by atoms with Crippen molar-refractivity contribution in [1.29, 1.82) is 0 Å². The zero-order valence-corrected chi connectivity index (χ0v) is 11.3. The topological polar surface area (TPSA) is 29.5 Å². The Morgan fingerprint density at radius 3 is 2.35 bits per heavy atom.